The summed E-state index contributed by atoms with van der Waals surface area (Å²) in [7, 11) is 2.01. The molecule has 0 aliphatic heterocycles. The predicted octanol–water partition coefficient (Wildman–Crippen LogP) is 2.54. The number of likely N-dealkylation sites (N-methyl/N-ethyl adjacent to an activating group) is 1. The van der Waals surface area contributed by atoms with Gasteiger partial charge in [0.15, 0.2) is 0 Å². The minimum absolute atomic E-state index is 0.350. The maximum Gasteiger partial charge on any atom is 0.138 e. The summed E-state index contributed by atoms with van der Waals surface area (Å²) in [6.45, 7) is 6.43. The van der Waals surface area contributed by atoms with E-state index in [-0.39, 0.29) is 0 Å². The van der Waals surface area contributed by atoms with Gasteiger partial charge in [-0.2, -0.15) is 5.10 Å². The van der Waals surface area contributed by atoms with Crippen LogP contribution in [0.3, 0.4) is 0 Å². The van der Waals surface area contributed by atoms with Crippen LogP contribution in [0, 0.1) is 6.92 Å². The summed E-state index contributed by atoms with van der Waals surface area (Å²) in [4.78, 5) is 4.40. The number of rotatable bonds is 6. The van der Waals surface area contributed by atoms with Crippen molar-refractivity contribution in [3.05, 3.63) is 47.5 Å². The summed E-state index contributed by atoms with van der Waals surface area (Å²) in [5, 5.41) is 7.71. The molecule has 1 aromatic heterocycles. The van der Waals surface area contributed by atoms with Crippen molar-refractivity contribution in [2.45, 2.75) is 45.7 Å². The molecule has 1 heterocycles. The second-order valence-electron chi connectivity index (χ2n) is 5.53. The van der Waals surface area contributed by atoms with Gasteiger partial charge in [-0.05, 0) is 45.4 Å². The summed E-state index contributed by atoms with van der Waals surface area (Å²) in [5.74, 6) is 1.05. The first-order valence-electron chi connectivity index (χ1n) is 7.22. The van der Waals surface area contributed by atoms with Gasteiger partial charge in [0.25, 0.3) is 0 Å². The van der Waals surface area contributed by atoms with E-state index < -0.39 is 0 Å². The van der Waals surface area contributed by atoms with Crippen molar-refractivity contribution in [1.82, 2.24) is 20.1 Å². The van der Waals surface area contributed by atoms with Crippen molar-refractivity contribution < 1.29 is 0 Å². The molecule has 2 rings (SSSR count). The average Bonchev–Trinajstić information content (AvgIpc) is 2.88. The maximum absolute atomic E-state index is 4.40. The highest BCUT2D eigenvalue weighted by Gasteiger charge is 2.15. The molecule has 0 aliphatic rings. The van der Waals surface area contributed by atoms with Crippen molar-refractivity contribution in [3.63, 3.8) is 0 Å². The van der Waals surface area contributed by atoms with E-state index in [1.807, 2.05) is 11.7 Å². The first-order chi connectivity index (χ1) is 9.61. The molecule has 20 heavy (non-hydrogen) atoms. The second kappa shape index (κ2) is 6.66. The Labute approximate surface area is 121 Å². The predicted molar refractivity (Wildman–Crippen MR) is 81.8 cm³/mol. The van der Waals surface area contributed by atoms with Gasteiger partial charge in [0.1, 0.15) is 12.2 Å². The smallest absolute Gasteiger partial charge is 0.138 e. The molecule has 0 bridgehead atoms. The van der Waals surface area contributed by atoms with Crippen LogP contribution in [0.15, 0.2) is 30.6 Å². The molecule has 4 nitrogen and oxygen atoms in total. The van der Waals surface area contributed by atoms with Crippen LogP contribution in [0.5, 0.6) is 0 Å². The molecule has 1 atom stereocenters. The molecular formula is C16H24N4. The summed E-state index contributed by atoms with van der Waals surface area (Å²) >= 11 is 0. The highest BCUT2D eigenvalue weighted by molar-refractivity contribution is 5.26. The molecule has 0 spiro atoms. The lowest BCUT2D eigenvalue weighted by Gasteiger charge is -2.18. The van der Waals surface area contributed by atoms with Gasteiger partial charge < -0.3 is 5.32 Å². The Kier molecular flexibility index (Phi) is 4.90. The summed E-state index contributed by atoms with van der Waals surface area (Å²) in [6, 6.07) is 9.28. The molecule has 0 saturated carbocycles. The van der Waals surface area contributed by atoms with Gasteiger partial charge in [-0.15, -0.1) is 0 Å². The number of benzene rings is 1. The zero-order valence-corrected chi connectivity index (χ0v) is 12.8. The summed E-state index contributed by atoms with van der Waals surface area (Å²) in [5.41, 5.74) is 2.74. The van der Waals surface area contributed by atoms with Crippen molar-refractivity contribution in [2.75, 3.05) is 7.05 Å². The summed E-state index contributed by atoms with van der Waals surface area (Å²) < 4.78 is 2.00. The molecule has 108 valence electrons. The Morgan fingerprint density at radius 3 is 2.60 bits per heavy atom. The Morgan fingerprint density at radius 1 is 1.20 bits per heavy atom. The van der Waals surface area contributed by atoms with E-state index in [2.05, 4.69) is 60.4 Å². The fourth-order valence-corrected chi connectivity index (χ4v) is 2.45. The number of hydrogen-bond donors (Lipinski definition) is 1. The Morgan fingerprint density at radius 2 is 1.95 bits per heavy atom. The Bertz CT molecular complexity index is 545. The standard InChI is InChI=1S/C16H24N4/c1-12(2)20-16(18-11-19-20)10-15(17-4)9-14-8-6-5-7-13(14)3/h5-8,11-12,15,17H,9-10H2,1-4H3. The van der Waals surface area contributed by atoms with E-state index >= 15 is 0 Å². The van der Waals surface area contributed by atoms with Crippen molar-refractivity contribution in [2.24, 2.45) is 0 Å². The molecule has 1 aromatic carbocycles. The highest BCUT2D eigenvalue weighted by Crippen LogP contribution is 2.13. The van der Waals surface area contributed by atoms with Crippen LogP contribution in [0.25, 0.3) is 0 Å². The molecule has 0 aliphatic carbocycles. The van der Waals surface area contributed by atoms with E-state index in [0.29, 0.717) is 12.1 Å². The SMILES string of the molecule is CNC(Cc1ccccc1C)Cc1ncnn1C(C)C. The lowest BCUT2D eigenvalue weighted by molar-refractivity contribution is 0.470. The largest absolute Gasteiger partial charge is 0.316 e. The lowest BCUT2D eigenvalue weighted by atomic mass is 9.99. The van der Waals surface area contributed by atoms with Gasteiger partial charge in [-0.3, -0.25) is 0 Å². The molecule has 4 heteroatoms. The first kappa shape index (κ1) is 14.7. The topological polar surface area (TPSA) is 42.7 Å². The summed E-state index contributed by atoms with van der Waals surface area (Å²) in [6.07, 6.45) is 3.55. The number of hydrogen-bond acceptors (Lipinski definition) is 3. The van der Waals surface area contributed by atoms with Gasteiger partial charge in [-0.1, -0.05) is 24.3 Å². The van der Waals surface area contributed by atoms with E-state index in [1.165, 1.54) is 11.1 Å². The van der Waals surface area contributed by atoms with E-state index in [4.69, 9.17) is 0 Å². The average molecular weight is 272 g/mol. The van der Waals surface area contributed by atoms with Crippen LogP contribution in [0.4, 0.5) is 0 Å². The fourth-order valence-electron chi connectivity index (χ4n) is 2.45. The monoisotopic (exact) mass is 272 g/mol. The van der Waals surface area contributed by atoms with Crippen LogP contribution in [-0.2, 0) is 12.8 Å². The van der Waals surface area contributed by atoms with Crippen LogP contribution in [0.1, 0.15) is 36.8 Å². The van der Waals surface area contributed by atoms with Gasteiger partial charge in [0, 0.05) is 18.5 Å². The van der Waals surface area contributed by atoms with Crippen LogP contribution in [-0.4, -0.2) is 27.9 Å². The van der Waals surface area contributed by atoms with Crippen LogP contribution < -0.4 is 5.32 Å². The second-order valence-corrected chi connectivity index (χ2v) is 5.53. The maximum atomic E-state index is 4.40. The molecular weight excluding hydrogens is 248 g/mol. The molecule has 0 fully saturated rings. The number of aryl methyl sites for hydroxylation is 1. The number of nitrogens with zero attached hydrogens (tertiary/aromatic N) is 3. The van der Waals surface area contributed by atoms with Gasteiger partial charge in [-0.25, -0.2) is 9.67 Å². The third-order valence-corrected chi connectivity index (χ3v) is 3.70. The Hall–Kier alpha value is -1.68. The number of nitrogens with one attached hydrogen (secondary N) is 1. The van der Waals surface area contributed by atoms with Crippen molar-refractivity contribution >= 4 is 0 Å². The van der Waals surface area contributed by atoms with E-state index in [9.17, 15) is 0 Å². The van der Waals surface area contributed by atoms with Gasteiger partial charge in [0.2, 0.25) is 0 Å². The zero-order chi connectivity index (χ0) is 14.5. The minimum Gasteiger partial charge on any atom is -0.316 e. The Balaban J connectivity index is 2.10. The molecule has 1 unspecified atom stereocenters. The third kappa shape index (κ3) is 3.45. The van der Waals surface area contributed by atoms with E-state index in [1.54, 1.807) is 6.33 Å². The fraction of sp³-hybridized carbons (Fsp3) is 0.500. The molecule has 0 saturated heterocycles. The quantitative estimate of drug-likeness (QED) is 0.878. The van der Waals surface area contributed by atoms with Crippen LogP contribution in [0.2, 0.25) is 0 Å². The lowest BCUT2D eigenvalue weighted by Crippen LogP contribution is -2.31. The first-order valence-corrected chi connectivity index (χ1v) is 7.22. The minimum atomic E-state index is 0.350. The zero-order valence-electron chi connectivity index (χ0n) is 12.8. The third-order valence-electron chi connectivity index (χ3n) is 3.70. The molecule has 1 N–H and O–H groups in total. The molecule has 0 radical (unpaired) electrons. The van der Waals surface area contributed by atoms with Crippen LogP contribution >= 0.6 is 0 Å². The van der Waals surface area contributed by atoms with Gasteiger partial charge in [0.05, 0.1) is 0 Å². The normalized spacial score (nSPS) is 12.8. The highest BCUT2D eigenvalue weighted by atomic mass is 15.3. The van der Waals surface area contributed by atoms with Gasteiger partial charge >= 0.3 is 0 Å². The molecule has 0 amide bonds. The number of aromatic nitrogens is 3. The van der Waals surface area contributed by atoms with Crippen molar-refractivity contribution in [1.29, 1.82) is 0 Å². The van der Waals surface area contributed by atoms with Crippen molar-refractivity contribution in [3.8, 4) is 0 Å². The molecule has 2 aromatic rings. The van der Waals surface area contributed by atoms with E-state index in [0.717, 1.165) is 18.7 Å².